The number of hydrogen-bond donors (Lipinski definition) is 0. The van der Waals surface area contributed by atoms with E-state index in [0.717, 1.165) is 0 Å². The summed E-state index contributed by atoms with van der Waals surface area (Å²) in [4.78, 5) is 111. The summed E-state index contributed by atoms with van der Waals surface area (Å²) in [6.45, 7) is 15.1. The quantitative estimate of drug-likeness (QED) is 0.106. The van der Waals surface area contributed by atoms with Gasteiger partial charge in [0.15, 0.2) is 0 Å². The molecule has 1 saturated heterocycles. The van der Waals surface area contributed by atoms with Gasteiger partial charge in [-0.05, 0) is 69.6 Å². The average molecular weight is 1020 g/mol. The zero-order valence-electron chi connectivity index (χ0n) is 43.4. The minimum absolute atomic E-state index is 0. The molecule has 19 heteroatoms. The van der Waals surface area contributed by atoms with E-state index in [1.54, 1.807) is 13.8 Å². The molecule has 5 heterocycles. The van der Waals surface area contributed by atoms with Crippen molar-refractivity contribution in [2.45, 2.75) is 131 Å². The number of carbonyl (C=O) groups is 7. The molecular weight excluding hydrogens is 952 g/mol. The molecule has 0 saturated carbocycles. The van der Waals surface area contributed by atoms with E-state index in [4.69, 9.17) is 53.5 Å². The zero-order chi connectivity index (χ0) is 51.6. The number of fused-ring (bicyclic) bond motifs is 6. The summed E-state index contributed by atoms with van der Waals surface area (Å²) < 4.78 is 36.9. The Morgan fingerprint density at radius 1 is 0.586 bits per heavy atom. The van der Waals surface area contributed by atoms with Crippen LogP contribution in [0.2, 0.25) is 0 Å². The van der Waals surface area contributed by atoms with Crippen molar-refractivity contribution in [1.29, 1.82) is 0 Å². The molecule has 8 bridgehead atoms. The van der Waals surface area contributed by atoms with Gasteiger partial charge in [-0.15, -0.1) is 0 Å². The Labute approximate surface area is 421 Å². The molecule has 1 unspecified atom stereocenters. The largest absolute Gasteiger partial charge is 0.680 e. The minimum Gasteiger partial charge on any atom is -0.680 e. The van der Waals surface area contributed by atoms with Crippen LogP contribution in [0.4, 0.5) is 0 Å². The number of allylic oxidation sites excluding steroid dienone is 6. The van der Waals surface area contributed by atoms with E-state index in [1.807, 2.05) is 47.6 Å². The molecule has 0 aromatic heterocycles. The summed E-state index contributed by atoms with van der Waals surface area (Å²) in [5.74, 6) is -6.32. The molecule has 0 N–H and O–H groups in total. The fourth-order valence-electron chi connectivity index (χ4n) is 12.0. The summed E-state index contributed by atoms with van der Waals surface area (Å²) in [6, 6.07) is -0.996. The van der Waals surface area contributed by atoms with Gasteiger partial charge < -0.3 is 38.5 Å². The summed E-state index contributed by atoms with van der Waals surface area (Å²) in [5, 5.41) is 5.61. The van der Waals surface area contributed by atoms with Crippen molar-refractivity contribution in [2.75, 3.05) is 49.8 Å². The van der Waals surface area contributed by atoms with Crippen LogP contribution in [0, 0.1) is 45.3 Å². The fraction of sp³-hybridized carbons (Fsp3) is 0.686. The maximum atomic E-state index is 15.0. The predicted octanol–water partition coefficient (Wildman–Crippen LogP) is 6.93. The van der Waals surface area contributed by atoms with E-state index in [1.165, 1.54) is 49.8 Å². The summed E-state index contributed by atoms with van der Waals surface area (Å²) >= 11 is 0. The topological polar surface area (TPSA) is 235 Å². The second kappa shape index (κ2) is 22.1. The van der Waals surface area contributed by atoms with Gasteiger partial charge in [-0.2, -0.15) is 5.70 Å². The normalized spacial score (nSPS) is 33.3. The van der Waals surface area contributed by atoms with Gasteiger partial charge in [0.25, 0.3) is 0 Å². The first kappa shape index (κ1) is 57.4. The molecule has 0 amide bonds. The number of nitrogens with zero attached hydrogens (tertiary/aromatic N) is 4. The van der Waals surface area contributed by atoms with Crippen molar-refractivity contribution >= 4 is 58.9 Å². The van der Waals surface area contributed by atoms with Crippen molar-refractivity contribution in [1.82, 2.24) is 0 Å². The van der Waals surface area contributed by atoms with Gasteiger partial charge in [-0.1, -0.05) is 40.2 Å². The number of aliphatic imine (C=N–C) groups is 3. The predicted molar refractivity (Wildman–Crippen MR) is 254 cm³/mol. The van der Waals surface area contributed by atoms with Crippen LogP contribution in [0.1, 0.15) is 120 Å². The van der Waals surface area contributed by atoms with Gasteiger partial charge in [-0.3, -0.25) is 48.5 Å². The molecule has 9 atom stereocenters. The fourth-order valence-corrected chi connectivity index (χ4v) is 12.0. The standard InChI is InChI=1S/C51H71N4O14.Co/c1-27-41-30(17-20-36(57)64-10)47(3,4)34(53-41)25-33-29(16-19-35(56)63-9)49(6,26-40(61)68-14)44(52-33)28(2)42-31(18-21-37(58)65-11)50(7,46(62)69-15)51(8,55-42)45-32(24-39(60)67-13)48(5,43(27)54-45)23-22-38(59)66-12;/h25,29-32,45H,16-24,26H2,1-15H3;/q-1;/t29-,30-,31-,32+,45?,48-,49+,50-,51+;/m1./s1. The van der Waals surface area contributed by atoms with Gasteiger partial charge in [-0.25, -0.2) is 0 Å². The van der Waals surface area contributed by atoms with Crippen molar-refractivity contribution in [3.05, 3.63) is 39.6 Å². The van der Waals surface area contributed by atoms with E-state index in [2.05, 4.69) is 0 Å². The monoisotopic (exact) mass is 1020 g/mol. The Balaban J connectivity index is 0.0000107. The zero-order valence-corrected chi connectivity index (χ0v) is 44.4. The van der Waals surface area contributed by atoms with Crippen LogP contribution in [0.15, 0.2) is 49.3 Å². The molecule has 18 nitrogen and oxygen atoms in total. The van der Waals surface area contributed by atoms with Crippen LogP contribution in [-0.4, -0.2) is 120 Å². The van der Waals surface area contributed by atoms with Gasteiger partial charge in [0.05, 0.1) is 68.0 Å². The molecule has 5 rings (SSSR count). The Bertz CT molecular complexity index is 2330. The van der Waals surface area contributed by atoms with Gasteiger partial charge >= 0.3 is 41.8 Å². The van der Waals surface area contributed by atoms with Crippen LogP contribution in [0.25, 0.3) is 5.32 Å². The molecule has 1 radical (unpaired) electrons. The number of ether oxygens (including phenoxy) is 7. The van der Waals surface area contributed by atoms with Crippen LogP contribution in [0.5, 0.6) is 0 Å². The van der Waals surface area contributed by atoms with Crippen molar-refractivity contribution < 1.29 is 83.5 Å². The number of hydrogen-bond acceptors (Lipinski definition) is 17. The first-order valence-electron chi connectivity index (χ1n) is 23.5. The molecular formula is C51H71CoN4O14-. The summed E-state index contributed by atoms with van der Waals surface area (Å²) in [5.41, 5.74) is -1.97. The third-order valence-corrected chi connectivity index (χ3v) is 16.4. The second-order valence-corrected chi connectivity index (χ2v) is 20.2. The van der Waals surface area contributed by atoms with Crippen LogP contribution >= 0.6 is 0 Å². The van der Waals surface area contributed by atoms with Gasteiger partial charge in [0, 0.05) is 111 Å². The van der Waals surface area contributed by atoms with E-state index in [-0.39, 0.29) is 74.6 Å². The molecule has 0 aliphatic carbocycles. The Morgan fingerprint density at radius 3 is 1.60 bits per heavy atom. The van der Waals surface area contributed by atoms with E-state index in [0.29, 0.717) is 51.8 Å². The van der Waals surface area contributed by atoms with Gasteiger partial charge in [0.2, 0.25) is 0 Å². The smallest absolute Gasteiger partial charge is 0.311 e. The van der Waals surface area contributed by atoms with Crippen LogP contribution in [0.3, 0.4) is 0 Å². The number of esters is 7. The SMILES string of the molecule is COC(=O)CC[C@@H]1/C2=C(\C)C3=NC([C@H](CC(=O)OC)[C@@]3(C)CCC(=O)OC)[C@]3(C)[N-]/C(=C(/C)C4=N/C(=C\C(=N2)C1(C)C)[C@@H](CCC(=O)OC)[C@]4(C)CC(=O)OC)[C@@H](CCC(=O)OC)[C@]3(C)C(=O)OC.[Co]. The summed E-state index contributed by atoms with van der Waals surface area (Å²) in [6.07, 6.45) is 2.09. The Kier molecular flexibility index (Phi) is 18.1. The third-order valence-electron chi connectivity index (χ3n) is 16.4. The molecule has 0 aromatic carbocycles. The average Bonchev–Trinajstić information content (AvgIpc) is 3.95. The van der Waals surface area contributed by atoms with Crippen LogP contribution < -0.4 is 0 Å². The van der Waals surface area contributed by atoms with E-state index in [9.17, 15) is 33.6 Å². The molecule has 5 aliphatic heterocycles. The molecule has 0 aromatic rings. The Morgan fingerprint density at radius 2 is 1.09 bits per heavy atom. The van der Waals surface area contributed by atoms with Crippen LogP contribution in [-0.2, 0) is 83.5 Å². The van der Waals surface area contributed by atoms with Crippen molar-refractivity contribution in [2.24, 2.45) is 60.3 Å². The molecule has 0 spiro atoms. The maximum absolute atomic E-state index is 15.0. The Hall–Kier alpha value is -5.17. The van der Waals surface area contributed by atoms with Crippen molar-refractivity contribution in [3.63, 3.8) is 0 Å². The molecule has 389 valence electrons. The number of methoxy groups -OCH3 is 7. The van der Waals surface area contributed by atoms with Crippen molar-refractivity contribution in [3.8, 4) is 0 Å². The van der Waals surface area contributed by atoms with E-state index >= 15 is 0 Å². The number of rotatable bonds is 17. The number of carbonyl (C=O) groups excluding carboxylic acids is 7. The third kappa shape index (κ3) is 10.0. The molecule has 5 aliphatic rings. The van der Waals surface area contributed by atoms with E-state index < -0.39 is 98.7 Å². The summed E-state index contributed by atoms with van der Waals surface area (Å²) in [7, 11) is 9.08. The maximum Gasteiger partial charge on any atom is 0.311 e. The molecule has 1 fully saturated rings. The first-order chi connectivity index (χ1) is 32.3. The van der Waals surface area contributed by atoms with Gasteiger partial charge in [0.1, 0.15) is 0 Å². The minimum atomic E-state index is -1.61. The molecule has 70 heavy (non-hydrogen) atoms. The first-order valence-corrected chi connectivity index (χ1v) is 23.5. The second-order valence-electron chi connectivity index (χ2n) is 20.2.